The van der Waals surface area contributed by atoms with Crippen LogP contribution in [0.1, 0.15) is 0 Å². The second-order valence-corrected chi connectivity index (χ2v) is 11.2. The van der Waals surface area contributed by atoms with Crippen molar-refractivity contribution in [1.29, 1.82) is 0 Å². The number of fused-ring (bicyclic) bond motifs is 7. The van der Waals surface area contributed by atoms with E-state index in [0.717, 1.165) is 49.7 Å². The number of para-hydroxylation sites is 2. The number of rotatable bonds is 3. The largest absolute Gasteiger partial charge is 0.454 e. The Morgan fingerprint density at radius 1 is 0.395 bits per heavy atom. The van der Waals surface area contributed by atoms with Crippen LogP contribution < -0.4 is 0 Å². The normalized spacial score (nSPS) is 11.7. The SMILES string of the molecule is c1cc(-c2ccc3cc(-c4ccc5ccccc5c4)ccc3c2)cc(-c2nc3ccccc3c3c2oc2ccccc23)c1. The van der Waals surface area contributed by atoms with E-state index in [2.05, 4.69) is 133 Å². The molecule has 0 fully saturated rings. The van der Waals surface area contributed by atoms with Gasteiger partial charge in [-0.15, -0.1) is 0 Å². The summed E-state index contributed by atoms with van der Waals surface area (Å²) in [5.41, 5.74) is 9.37. The van der Waals surface area contributed by atoms with Crippen LogP contribution in [0, 0.1) is 0 Å². The van der Waals surface area contributed by atoms with Gasteiger partial charge in [-0.05, 0) is 80.2 Å². The predicted molar refractivity (Wildman–Crippen MR) is 180 cm³/mol. The third kappa shape index (κ3) is 3.92. The Kier molecular flexibility index (Phi) is 5.23. The first kappa shape index (κ1) is 23.9. The van der Waals surface area contributed by atoms with Gasteiger partial charge < -0.3 is 4.42 Å². The minimum absolute atomic E-state index is 0.830. The van der Waals surface area contributed by atoms with E-state index >= 15 is 0 Å². The van der Waals surface area contributed by atoms with Crippen molar-refractivity contribution in [2.45, 2.75) is 0 Å². The Labute approximate surface area is 248 Å². The van der Waals surface area contributed by atoms with Crippen molar-refractivity contribution < 1.29 is 4.42 Å². The van der Waals surface area contributed by atoms with Gasteiger partial charge in [0, 0.05) is 21.7 Å². The molecule has 2 nitrogen and oxygen atoms in total. The van der Waals surface area contributed by atoms with Gasteiger partial charge in [0.05, 0.1) is 5.52 Å². The van der Waals surface area contributed by atoms with Crippen LogP contribution in [0.4, 0.5) is 0 Å². The average Bonchev–Trinajstić information content (AvgIpc) is 3.47. The highest BCUT2D eigenvalue weighted by molar-refractivity contribution is 6.20. The number of benzene rings is 7. The number of aromatic nitrogens is 1. The Morgan fingerprint density at radius 2 is 0.953 bits per heavy atom. The fourth-order valence-electron chi connectivity index (χ4n) is 6.45. The molecule has 0 amide bonds. The number of nitrogens with zero attached hydrogens (tertiary/aromatic N) is 1. The molecule has 0 atom stereocenters. The number of furan rings is 1. The molecule has 0 aliphatic rings. The highest BCUT2D eigenvalue weighted by Gasteiger charge is 2.17. The minimum atomic E-state index is 0.830. The van der Waals surface area contributed by atoms with Crippen LogP contribution >= 0.6 is 0 Å². The van der Waals surface area contributed by atoms with E-state index in [4.69, 9.17) is 9.40 Å². The number of hydrogen-bond donors (Lipinski definition) is 0. The van der Waals surface area contributed by atoms with E-state index in [9.17, 15) is 0 Å². The van der Waals surface area contributed by atoms with E-state index in [0.29, 0.717) is 0 Å². The molecule has 2 heteroatoms. The van der Waals surface area contributed by atoms with Gasteiger partial charge in [-0.3, -0.25) is 0 Å². The summed E-state index contributed by atoms with van der Waals surface area (Å²) in [5.74, 6) is 0. The van der Waals surface area contributed by atoms with Gasteiger partial charge in [0.1, 0.15) is 11.3 Å². The molecule has 0 aliphatic heterocycles. The molecule has 0 unspecified atom stereocenters. The molecule has 9 rings (SSSR count). The molecule has 0 N–H and O–H groups in total. The summed E-state index contributed by atoms with van der Waals surface area (Å²) in [7, 11) is 0. The lowest BCUT2D eigenvalue weighted by Gasteiger charge is -2.10. The van der Waals surface area contributed by atoms with Crippen LogP contribution in [0.15, 0.2) is 156 Å². The van der Waals surface area contributed by atoms with Crippen molar-refractivity contribution in [3.63, 3.8) is 0 Å². The topological polar surface area (TPSA) is 26.0 Å². The molecule has 7 aromatic carbocycles. The fourth-order valence-corrected chi connectivity index (χ4v) is 6.45. The number of pyridine rings is 1. The average molecular weight is 548 g/mol. The molecular formula is C41H25NO. The van der Waals surface area contributed by atoms with E-state index in [-0.39, 0.29) is 0 Å². The summed E-state index contributed by atoms with van der Waals surface area (Å²) < 4.78 is 6.46. The first-order chi connectivity index (χ1) is 21.3. The predicted octanol–water partition coefficient (Wildman–Crippen LogP) is 11.4. The van der Waals surface area contributed by atoms with E-state index in [1.54, 1.807) is 0 Å². The maximum absolute atomic E-state index is 6.46. The third-order valence-electron chi connectivity index (χ3n) is 8.61. The molecule has 2 heterocycles. The molecule has 0 spiro atoms. The van der Waals surface area contributed by atoms with Gasteiger partial charge in [-0.2, -0.15) is 0 Å². The van der Waals surface area contributed by atoms with Crippen LogP contribution in [0.3, 0.4) is 0 Å². The van der Waals surface area contributed by atoms with Crippen molar-refractivity contribution in [1.82, 2.24) is 4.98 Å². The minimum Gasteiger partial charge on any atom is -0.454 e. The van der Waals surface area contributed by atoms with Crippen molar-refractivity contribution in [3.05, 3.63) is 152 Å². The van der Waals surface area contributed by atoms with E-state index in [1.165, 1.54) is 38.2 Å². The molecule has 9 aromatic rings. The number of hydrogen-bond acceptors (Lipinski definition) is 2. The second kappa shape index (κ2) is 9.40. The lowest BCUT2D eigenvalue weighted by Crippen LogP contribution is -1.89. The van der Waals surface area contributed by atoms with Crippen molar-refractivity contribution in [3.8, 4) is 33.5 Å². The second-order valence-electron chi connectivity index (χ2n) is 11.2. The van der Waals surface area contributed by atoms with Crippen molar-refractivity contribution >= 4 is 54.4 Å². The zero-order valence-corrected chi connectivity index (χ0v) is 23.3. The molecule has 0 saturated heterocycles. The van der Waals surface area contributed by atoms with E-state index < -0.39 is 0 Å². The van der Waals surface area contributed by atoms with Gasteiger partial charge in [-0.25, -0.2) is 4.98 Å². The quantitative estimate of drug-likeness (QED) is 0.220. The third-order valence-corrected chi connectivity index (χ3v) is 8.61. The van der Waals surface area contributed by atoms with Crippen molar-refractivity contribution in [2.75, 3.05) is 0 Å². The zero-order valence-electron chi connectivity index (χ0n) is 23.3. The molecule has 0 bridgehead atoms. The standard InChI is InChI=1S/C41H25NO/c1-2-9-27-22-30(17-16-26(27)8-1)32-21-20-31-23-29(18-19-33(31)24-32)28-10-7-11-34(25-28)40-41-39(35-12-3-5-14-37(35)42-40)36-13-4-6-15-38(36)43-41/h1-25H. The van der Waals surface area contributed by atoms with Crippen molar-refractivity contribution in [2.24, 2.45) is 0 Å². The molecule has 43 heavy (non-hydrogen) atoms. The Bertz CT molecular complexity index is 2520. The van der Waals surface area contributed by atoms with Crippen LogP contribution in [-0.4, -0.2) is 4.98 Å². The van der Waals surface area contributed by atoms with Crippen LogP contribution in [0.25, 0.3) is 87.9 Å². The first-order valence-corrected chi connectivity index (χ1v) is 14.6. The molecular weight excluding hydrogens is 522 g/mol. The maximum atomic E-state index is 6.46. The van der Waals surface area contributed by atoms with Crippen LogP contribution in [-0.2, 0) is 0 Å². The van der Waals surface area contributed by atoms with Gasteiger partial charge in [0.2, 0.25) is 0 Å². The van der Waals surface area contributed by atoms with Gasteiger partial charge >= 0.3 is 0 Å². The Balaban J connectivity index is 1.14. The maximum Gasteiger partial charge on any atom is 0.162 e. The summed E-state index contributed by atoms with van der Waals surface area (Å²) in [4.78, 5) is 5.12. The highest BCUT2D eigenvalue weighted by Crippen LogP contribution is 2.40. The zero-order chi connectivity index (χ0) is 28.3. The monoisotopic (exact) mass is 547 g/mol. The summed E-state index contributed by atoms with van der Waals surface area (Å²) in [5, 5.41) is 8.32. The van der Waals surface area contributed by atoms with Gasteiger partial charge in [0.25, 0.3) is 0 Å². The smallest absolute Gasteiger partial charge is 0.162 e. The summed E-state index contributed by atoms with van der Waals surface area (Å²) in [6.07, 6.45) is 0. The van der Waals surface area contributed by atoms with Crippen LogP contribution in [0.2, 0.25) is 0 Å². The van der Waals surface area contributed by atoms with Crippen LogP contribution in [0.5, 0.6) is 0 Å². The summed E-state index contributed by atoms with van der Waals surface area (Å²) in [6, 6.07) is 53.9. The summed E-state index contributed by atoms with van der Waals surface area (Å²) in [6.45, 7) is 0. The molecule has 0 saturated carbocycles. The lowest BCUT2D eigenvalue weighted by molar-refractivity contribution is 0.669. The molecule has 0 radical (unpaired) electrons. The molecule has 200 valence electrons. The van der Waals surface area contributed by atoms with E-state index in [1.807, 2.05) is 18.2 Å². The first-order valence-electron chi connectivity index (χ1n) is 14.6. The Hall–Kier alpha value is -5.73. The molecule has 2 aromatic heterocycles. The summed E-state index contributed by atoms with van der Waals surface area (Å²) >= 11 is 0. The van der Waals surface area contributed by atoms with Gasteiger partial charge in [-0.1, -0.05) is 115 Å². The highest BCUT2D eigenvalue weighted by atomic mass is 16.3. The lowest BCUT2D eigenvalue weighted by atomic mass is 9.95. The fraction of sp³-hybridized carbons (Fsp3) is 0. The van der Waals surface area contributed by atoms with Gasteiger partial charge in [0.15, 0.2) is 5.58 Å². The Morgan fingerprint density at radius 3 is 1.72 bits per heavy atom. The molecule has 0 aliphatic carbocycles.